The molecular formula is C78H53BrN6O4P4+2. The van der Waals surface area contributed by atoms with Crippen LogP contribution in [0.4, 0.5) is 0 Å². The fourth-order valence-corrected chi connectivity index (χ4v) is 20.6. The van der Waals surface area contributed by atoms with E-state index in [1.165, 1.54) is 34.4 Å². The molecule has 0 aliphatic heterocycles. The van der Waals surface area contributed by atoms with Crippen LogP contribution in [0.2, 0.25) is 0 Å². The van der Waals surface area contributed by atoms with Gasteiger partial charge in [-0.05, 0) is 172 Å². The molecule has 4 unspecified atom stereocenters. The molecule has 11 aromatic carbocycles. The normalized spacial score (nSPS) is 13.8. The summed E-state index contributed by atoms with van der Waals surface area (Å²) in [6.07, 6.45) is 0. The Morgan fingerprint density at radius 2 is 0.570 bits per heavy atom. The molecule has 0 radical (unpaired) electrons. The lowest BCUT2D eigenvalue weighted by atomic mass is 9.82. The van der Waals surface area contributed by atoms with Crippen molar-refractivity contribution in [2.45, 2.75) is 38.5 Å². The maximum absolute atomic E-state index is 15.5. The zero-order chi connectivity index (χ0) is 65.8. The number of nitriles is 6. The Morgan fingerprint density at radius 3 is 0.871 bits per heavy atom. The van der Waals surface area contributed by atoms with Crippen molar-refractivity contribution in [1.82, 2.24) is 0 Å². The van der Waals surface area contributed by atoms with E-state index in [1.54, 1.807) is 42.5 Å². The molecule has 13 rings (SSSR count). The van der Waals surface area contributed by atoms with Gasteiger partial charge in [-0.2, -0.15) is 31.6 Å². The second-order valence-corrected chi connectivity index (χ2v) is 32.9. The summed E-state index contributed by atoms with van der Waals surface area (Å²) in [4.78, 5) is 0. The number of fused-ring (bicyclic) bond motifs is 6. The third kappa shape index (κ3) is 12.2. The van der Waals surface area contributed by atoms with Crippen LogP contribution in [-0.4, -0.2) is 0 Å². The van der Waals surface area contributed by atoms with Gasteiger partial charge in [0.05, 0.1) is 69.8 Å². The van der Waals surface area contributed by atoms with E-state index < -0.39 is 35.3 Å². The minimum absolute atomic E-state index is 0.254. The predicted molar refractivity (Wildman–Crippen MR) is 376 cm³/mol. The molecule has 0 N–H and O–H groups in total. The standard InChI is InChI=1S/C43H28N4O2P2.C27H22O2P2.C8H3BrN2/c1-43(2)41-23-35(50(48,33-9-5-3-6-10-33)37-19-29(25-44)17-30(20-37)26-45)13-15-39(41)40-16-14-36(24-42(40)43)51(49,34-11-7-4-8-12-34)38-21-31(27-46)18-32(22-38)28-47;1-27(2)25-17-21(30(28)19-9-5-3-6-10-19)13-15-23(25)24-16-14-22(18-26(24)27)31(29)20-11-7-4-8-12-20;9-8-2-6(4-10)1-7(3-8)5-11/h3-24H,1-2H3;3-18H,1-2H3;1-3H/q;+2;. The predicted octanol–water partition coefficient (Wildman–Crippen LogP) is 14.5. The Balaban J connectivity index is 0.000000176. The van der Waals surface area contributed by atoms with Crippen LogP contribution in [0.25, 0.3) is 22.3 Å². The summed E-state index contributed by atoms with van der Waals surface area (Å²) in [6.45, 7) is 8.55. The third-order valence-corrected chi connectivity index (χ3v) is 26.5. The van der Waals surface area contributed by atoms with Crippen LogP contribution in [0.15, 0.2) is 253 Å². The monoisotopic (exact) mass is 1340 g/mol. The summed E-state index contributed by atoms with van der Waals surface area (Å²) in [6, 6.07) is 88.1. The molecule has 0 spiro atoms. The largest absolute Gasteiger partial charge is 0.415 e. The average Bonchev–Trinajstić information content (AvgIpc) is 1.61. The van der Waals surface area contributed by atoms with Gasteiger partial charge in [0.15, 0.2) is 35.5 Å². The summed E-state index contributed by atoms with van der Waals surface area (Å²) in [5, 5.41) is 62.5. The lowest BCUT2D eigenvalue weighted by Gasteiger charge is -2.26. The number of rotatable bonds is 10. The highest BCUT2D eigenvalue weighted by Crippen LogP contribution is 2.53. The quantitative estimate of drug-likeness (QED) is 0.118. The Bertz CT molecular complexity index is 4860. The molecule has 0 aromatic heterocycles. The molecule has 0 bridgehead atoms. The van der Waals surface area contributed by atoms with Gasteiger partial charge in [0, 0.05) is 47.1 Å². The number of nitrogens with zero attached hydrogens (tertiary/aromatic N) is 6. The topological polar surface area (TPSA) is 211 Å². The average molecular weight is 1340 g/mol. The van der Waals surface area contributed by atoms with Crippen molar-refractivity contribution in [3.63, 3.8) is 0 Å². The maximum atomic E-state index is 15.5. The highest BCUT2D eigenvalue weighted by molar-refractivity contribution is 9.10. The number of hydrogen-bond donors (Lipinski definition) is 0. The van der Waals surface area contributed by atoms with Gasteiger partial charge in [-0.1, -0.05) is 174 Å². The molecule has 0 saturated carbocycles. The van der Waals surface area contributed by atoms with E-state index in [0.29, 0.717) is 43.0 Å². The van der Waals surface area contributed by atoms with Gasteiger partial charge in [0.1, 0.15) is 0 Å². The van der Waals surface area contributed by atoms with Gasteiger partial charge in [-0.15, -0.1) is 0 Å². The zero-order valence-electron chi connectivity index (χ0n) is 50.7. The summed E-state index contributed by atoms with van der Waals surface area (Å²) in [7, 11) is -10.4. The Kier molecular flexibility index (Phi) is 18.2. The first kappa shape index (κ1) is 64.0. The number of halogens is 1. The maximum Gasteiger partial charge on any atom is 0.415 e. The number of hydrogen-bond acceptors (Lipinski definition) is 10. The molecule has 10 nitrogen and oxygen atoms in total. The van der Waals surface area contributed by atoms with E-state index in [1.807, 2.05) is 182 Å². The van der Waals surface area contributed by atoms with Crippen molar-refractivity contribution in [3.8, 4) is 58.7 Å². The fourth-order valence-electron chi connectivity index (χ4n) is 12.2. The summed E-state index contributed by atoms with van der Waals surface area (Å²) in [5.41, 5.74) is 9.63. The van der Waals surface area contributed by atoms with E-state index in [2.05, 4.69) is 92.2 Å². The van der Waals surface area contributed by atoms with Crippen LogP contribution in [0, 0.1) is 68.0 Å². The van der Waals surface area contributed by atoms with Crippen molar-refractivity contribution in [1.29, 1.82) is 31.6 Å². The first-order chi connectivity index (χ1) is 44.8. The SMILES string of the molecule is CC1(C)c2cc(P(=O)(c3ccccc3)c3cc(C#N)cc(C#N)c3)ccc2-c2ccc(P(=O)(c3ccccc3)c3cc(C#N)cc(C#N)c3)cc21.CC1(C)c2cc([P+](=O)c3ccccc3)ccc2-c2ccc([P+](=O)c3ccccc3)cc21.N#Cc1cc(Br)cc(C#N)c1. The second-order valence-electron chi connectivity index (χ2n) is 23.3. The minimum Gasteiger partial charge on any atom is -0.309 e. The van der Waals surface area contributed by atoms with Gasteiger partial charge in [-0.3, -0.25) is 0 Å². The second kappa shape index (κ2) is 26.4. The zero-order valence-corrected chi connectivity index (χ0v) is 55.8. The van der Waals surface area contributed by atoms with E-state index >= 15 is 9.13 Å². The molecule has 0 heterocycles. The van der Waals surface area contributed by atoms with Crippen molar-refractivity contribution < 1.29 is 18.3 Å². The van der Waals surface area contributed by atoms with Crippen LogP contribution in [0.3, 0.4) is 0 Å². The minimum atomic E-state index is -3.57. The van der Waals surface area contributed by atoms with E-state index in [0.717, 1.165) is 47.9 Å². The van der Waals surface area contributed by atoms with Gasteiger partial charge in [-0.25, -0.2) is 0 Å². The molecule has 15 heteroatoms. The van der Waals surface area contributed by atoms with Crippen LogP contribution >= 0.6 is 45.8 Å². The van der Waals surface area contributed by atoms with E-state index in [-0.39, 0.29) is 27.7 Å². The van der Waals surface area contributed by atoms with Crippen LogP contribution in [-0.2, 0) is 29.1 Å². The highest BCUT2D eigenvalue weighted by atomic mass is 79.9. The first-order valence-electron chi connectivity index (χ1n) is 29.3. The van der Waals surface area contributed by atoms with Crippen LogP contribution < -0.4 is 53.0 Å². The molecule has 2 aliphatic carbocycles. The van der Waals surface area contributed by atoms with Crippen molar-refractivity contribution in [2.24, 2.45) is 0 Å². The first-order valence-corrected chi connectivity index (χ1v) is 36.0. The van der Waals surface area contributed by atoms with Crippen molar-refractivity contribution in [2.75, 3.05) is 0 Å². The molecule has 2 aliphatic rings. The molecular weight excluding hydrogens is 1290 g/mol. The molecule has 4 atom stereocenters. The van der Waals surface area contributed by atoms with E-state index in [4.69, 9.17) is 10.5 Å². The summed E-state index contributed by atoms with van der Waals surface area (Å²) < 4.78 is 58.1. The van der Waals surface area contributed by atoms with Crippen LogP contribution in [0.5, 0.6) is 0 Å². The van der Waals surface area contributed by atoms with Crippen molar-refractivity contribution in [3.05, 3.63) is 309 Å². The molecule has 0 saturated heterocycles. The molecule has 11 aromatic rings. The Hall–Kier alpha value is -10.5. The fraction of sp³-hybridized carbons (Fsp3) is 0.0769. The Labute approximate surface area is 551 Å². The molecule has 444 valence electrons. The van der Waals surface area contributed by atoms with Gasteiger partial charge < -0.3 is 9.13 Å². The van der Waals surface area contributed by atoms with Gasteiger partial charge in [0.25, 0.3) is 0 Å². The molecule has 0 amide bonds. The number of benzene rings is 11. The smallest absolute Gasteiger partial charge is 0.309 e. The molecule has 0 fully saturated rings. The summed E-state index contributed by atoms with van der Waals surface area (Å²) in [5.74, 6) is 0. The lowest BCUT2D eigenvalue weighted by Crippen LogP contribution is -2.28. The third-order valence-electron chi connectivity index (χ3n) is 16.9. The van der Waals surface area contributed by atoms with Gasteiger partial charge in [0.2, 0.25) is 0 Å². The summed E-state index contributed by atoms with van der Waals surface area (Å²) >= 11 is 3.19. The highest BCUT2D eigenvalue weighted by Gasteiger charge is 2.42. The lowest BCUT2D eigenvalue weighted by molar-refractivity contribution is 0.591. The van der Waals surface area contributed by atoms with Gasteiger partial charge >= 0.3 is 15.6 Å². The van der Waals surface area contributed by atoms with Crippen LogP contribution in [0.1, 0.15) is 83.3 Å². The van der Waals surface area contributed by atoms with E-state index in [9.17, 15) is 30.2 Å². The van der Waals surface area contributed by atoms with Crippen molar-refractivity contribution >= 4 is 98.9 Å². The Morgan fingerprint density at radius 1 is 0.301 bits per heavy atom. The molecule has 93 heavy (non-hydrogen) atoms.